The van der Waals surface area contributed by atoms with Crippen LogP contribution in [-0.4, -0.2) is 12.3 Å². The van der Waals surface area contributed by atoms with E-state index >= 15 is 0 Å². The minimum absolute atomic E-state index is 0.409. The normalized spacial score (nSPS) is 13.1. The Labute approximate surface area is 118 Å². The van der Waals surface area contributed by atoms with E-state index in [0.29, 0.717) is 6.04 Å². The molecule has 0 radical (unpaired) electrons. The lowest BCUT2D eigenvalue weighted by molar-refractivity contribution is 0.589. The van der Waals surface area contributed by atoms with Crippen LogP contribution in [0.5, 0.6) is 0 Å². The molecule has 0 fully saturated rings. The van der Waals surface area contributed by atoms with Crippen LogP contribution in [0, 0.1) is 5.92 Å². The maximum Gasteiger partial charge on any atom is 0.0303 e. The van der Waals surface area contributed by atoms with E-state index in [1.54, 1.807) is 0 Å². The molecule has 0 bridgehead atoms. The molecule has 0 amide bonds. The van der Waals surface area contributed by atoms with Gasteiger partial charge in [0.15, 0.2) is 0 Å². The van der Waals surface area contributed by atoms with Gasteiger partial charge in [-0.3, -0.25) is 0 Å². The van der Waals surface area contributed by atoms with Gasteiger partial charge < -0.3 is 5.32 Å². The van der Waals surface area contributed by atoms with Gasteiger partial charge in [0.25, 0.3) is 0 Å². The fourth-order valence-corrected chi connectivity index (χ4v) is 3.12. The lowest BCUT2D eigenvalue weighted by Crippen LogP contribution is -2.18. The summed E-state index contributed by atoms with van der Waals surface area (Å²) in [6.07, 6.45) is 0. The van der Waals surface area contributed by atoms with Crippen molar-refractivity contribution in [3.05, 3.63) is 28.2 Å². The first-order valence-corrected chi connectivity index (χ1v) is 7.98. The van der Waals surface area contributed by atoms with E-state index in [1.165, 1.54) is 16.2 Å². The van der Waals surface area contributed by atoms with Gasteiger partial charge in [0, 0.05) is 21.2 Å². The SMILES string of the molecule is CCNC(C)c1cc(Br)ccc1SCC(C)C. The summed E-state index contributed by atoms with van der Waals surface area (Å²) in [7, 11) is 0. The van der Waals surface area contributed by atoms with Crippen LogP contribution in [0.2, 0.25) is 0 Å². The highest BCUT2D eigenvalue weighted by molar-refractivity contribution is 9.10. The van der Waals surface area contributed by atoms with E-state index in [-0.39, 0.29) is 0 Å². The average molecular weight is 316 g/mol. The second-order valence-electron chi connectivity index (χ2n) is 4.67. The van der Waals surface area contributed by atoms with E-state index in [2.05, 4.69) is 67.1 Å². The molecule has 0 aromatic heterocycles. The number of hydrogen-bond acceptors (Lipinski definition) is 2. The first-order valence-electron chi connectivity index (χ1n) is 6.20. The van der Waals surface area contributed by atoms with Crippen LogP contribution >= 0.6 is 27.7 Å². The fraction of sp³-hybridized carbons (Fsp3) is 0.571. The molecule has 0 aliphatic heterocycles. The standard InChI is InChI=1S/C14H22BrNS/c1-5-16-11(4)13-8-12(15)6-7-14(13)17-9-10(2)3/h6-8,10-11,16H,5,9H2,1-4H3. The maximum atomic E-state index is 3.56. The zero-order valence-electron chi connectivity index (χ0n) is 11.1. The lowest BCUT2D eigenvalue weighted by Gasteiger charge is -2.18. The van der Waals surface area contributed by atoms with Crippen molar-refractivity contribution >= 4 is 27.7 Å². The summed E-state index contributed by atoms with van der Waals surface area (Å²) in [5.41, 5.74) is 1.40. The molecule has 1 nitrogen and oxygen atoms in total. The number of benzene rings is 1. The zero-order valence-corrected chi connectivity index (χ0v) is 13.5. The van der Waals surface area contributed by atoms with Gasteiger partial charge in [-0.05, 0) is 43.1 Å². The molecule has 1 atom stereocenters. The molecule has 1 N–H and O–H groups in total. The van der Waals surface area contributed by atoms with Crippen LogP contribution in [0.4, 0.5) is 0 Å². The molecule has 0 heterocycles. The molecule has 1 rings (SSSR count). The Balaban J connectivity index is 2.87. The van der Waals surface area contributed by atoms with Gasteiger partial charge in [-0.1, -0.05) is 36.7 Å². The first kappa shape index (κ1) is 15.1. The van der Waals surface area contributed by atoms with Gasteiger partial charge in [0.2, 0.25) is 0 Å². The van der Waals surface area contributed by atoms with Gasteiger partial charge in [0.1, 0.15) is 0 Å². The van der Waals surface area contributed by atoms with Crippen molar-refractivity contribution in [3.8, 4) is 0 Å². The highest BCUT2D eigenvalue weighted by Gasteiger charge is 2.11. The van der Waals surface area contributed by atoms with Crippen LogP contribution in [0.3, 0.4) is 0 Å². The van der Waals surface area contributed by atoms with Gasteiger partial charge in [-0.15, -0.1) is 11.8 Å². The minimum Gasteiger partial charge on any atom is -0.310 e. The molecule has 0 saturated heterocycles. The van der Waals surface area contributed by atoms with Crippen molar-refractivity contribution < 1.29 is 0 Å². The van der Waals surface area contributed by atoms with Crippen LogP contribution in [-0.2, 0) is 0 Å². The second kappa shape index (κ2) is 7.45. The molecule has 0 saturated carbocycles. The van der Waals surface area contributed by atoms with Crippen LogP contribution < -0.4 is 5.32 Å². The molecule has 1 aromatic carbocycles. The van der Waals surface area contributed by atoms with Crippen LogP contribution in [0.25, 0.3) is 0 Å². The van der Waals surface area contributed by atoms with Crippen molar-refractivity contribution in [1.29, 1.82) is 0 Å². The van der Waals surface area contributed by atoms with E-state index in [9.17, 15) is 0 Å². The monoisotopic (exact) mass is 315 g/mol. The van der Waals surface area contributed by atoms with Crippen molar-refractivity contribution in [2.75, 3.05) is 12.3 Å². The van der Waals surface area contributed by atoms with Crippen LogP contribution in [0.1, 0.15) is 39.3 Å². The van der Waals surface area contributed by atoms with Gasteiger partial charge in [-0.25, -0.2) is 0 Å². The Morgan fingerprint density at radius 2 is 2.00 bits per heavy atom. The fourth-order valence-electron chi connectivity index (χ4n) is 1.66. The number of thioether (sulfide) groups is 1. The first-order chi connectivity index (χ1) is 8.04. The molecule has 17 heavy (non-hydrogen) atoms. The summed E-state index contributed by atoms with van der Waals surface area (Å²) < 4.78 is 1.16. The molecule has 0 aliphatic rings. The Bertz CT molecular complexity index is 352. The predicted molar refractivity (Wildman–Crippen MR) is 81.8 cm³/mol. The smallest absolute Gasteiger partial charge is 0.0303 e. The summed E-state index contributed by atoms with van der Waals surface area (Å²) in [4.78, 5) is 1.40. The van der Waals surface area contributed by atoms with Crippen molar-refractivity contribution in [2.24, 2.45) is 5.92 Å². The highest BCUT2D eigenvalue weighted by Crippen LogP contribution is 2.31. The van der Waals surface area contributed by atoms with E-state index in [4.69, 9.17) is 0 Å². The summed E-state index contributed by atoms with van der Waals surface area (Å²) in [5.74, 6) is 1.90. The lowest BCUT2D eigenvalue weighted by atomic mass is 10.1. The van der Waals surface area contributed by atoms with Crippen molar-refractivity contribution in [1.82, 2.24) is 5.32 Å². The number of hydrogen-bond donors (Lipinski definition) is 1. The van der Waals surface area contributed by atoms with E-state index < -0.39 is 0 Å². The Morgan fingerprint density at radius 3 is 2.59 bits per heavy atom. The third-order valence-corrected chi connectivity index (χ3v) is 4.53. The summed E-state index contributed by atoms with van der Waals surface area (Å²) in [6, 6.07) is 6.99. The highest BCUT2D eigenvalue weighted by atomic mass is 79.9. The van der Waals surface area contributed by atoms with E-state index in [0.717, 1.165) is 16.9 Å². The number of nitrogens with one attached hydrogen (secondary N) is 1. The molecule has 0 aliphatic carbocycles. The predicted octanol–water partition coefficient (Wildman–Crippen LogP) is 4.87. The minimum atomic E-state index is 0.409. The Morgan fingerprint density at radius 1 is 1.29 bits per heavy atom. The molecule has 1 aromatic rings. The summed E-state index contributed by atoms with van der Waals surface area (Å²) in [6.45, 7) is 9.90. The van der Waals surface area contributed by atoms with Gasteiger partial charge in [-0.2, -0.15) is 0 Å². The average Bonchev–Trinajstić information content (AvgIpc) is 2.27. The third kappa shape index (κ3) is 5.02. The van der Waals surface area contributed by atoms with Crippen LogP contribution in [0.15, 0.2) is 27.6 Å². The molecular weight excluding hydrogens is 294 g/mol. The van der Waals surface area contributed by atoms with Gasteiger partial charge in [0.05, 0.1) is 0 Å². The van der Waals surface area contributed by atoms with E-state index in [1.807, 2.05) is 11.8 Å². The molecular formula is C14H22BrNS. The third-order valence-electron chi connectivity index (χ3n) is 2.52. The van der Waals surface area contributed by atoms with Crippen molar-refractivity contribution in [2.45, 2.75) is 38.6 Å². The zero-order chi connectivity index (χ0) is 12.8. The molecule has 3 heteroatoms. The maximum absolute atomic E-state index is 3.56. The molecule has 96 valence electrons. The second-order valence-corrected chi connectivity index (χ2v) is 6.64. The van der Waals surface area contributed by atoms with Crippen molar-refractivity contribution in [3.63, 3.8) is 0 Å². The Hall–Kier alpha value is 0.01000. The summed E-state index contributed by atoms with van der Waals surface area (Å²) in [5, 5.41) is 3.48. The summed E-state index contributed by atoms with van der Waals surface area (Å²) >= 11 is 5.52. The number of rotatable bonds is 6. The quantitative estimate of drug-likeness (QED) is 0.752. The largest absolute Gasteiger partial charge is 0.310 e. The molecule has 0 spiro atoms. The number of halogens is 1. The topological polar surface area (TPSA) is 12.0 Å². The Kier molecular flexibility index (Phi) is 6.60. The molecule has 1 unspecified atom stereocenters. The van der Waals surface area contributed by atoms with Gasteiger partial charge >= 0.3 is 0 Å².